The SMILES string of the molecule is N#CCc1ccc(NC(=O)CN(Cc2ccccc2)Cc2ccccc2)cc1. The normalized spacial score (nSPS) is 10.4. The number of carbonyl (C=O) groups is 1. The van der Waals surface area contributed by atoms with Gasteiger partial charge in [0.1, 0.15) is 0 Å². The Labute approximate surface area is 166 Å². The van der Waals surface area contributed by atoms with Crippen molar-refractivity contribution >= 4 is 11.6 Å². The molecule has 0 bridgehead atoms. The third-order valence-electron chi connectivity index (χ3n) is 4.39. The van der Waals surface area contributed by atoms with E-state index in [0.29, 0.717) is 26.1 Å². The van der Waals surface area contributed by atoms with Gasteiger partial charge in [0.15, 0.2) is 0 Å². The molecule has 0 aliphatic rings. The Morgan fingerprint density at radius 2 is 1.32 bits per heavy atom. The molecule has 140 valence electrons. The quantitative estimate of drug-likeness (QED) is 0.640. The number of hydrogen-bond donors (Lipinski definition) is 1. The van der Waals surface area contributed by atoms with Crippen molar-refractivity contribution in [2.45, 2.75) is 19.5 Å². The molecule has 0 unspecified atom stereocenters. The molecule has 4 heteroatoms. The van der Waals surface area contributed by atoms with Crippen LogP contribution >= 0.6 is 0 Å². The fourth-order valence-corrected chi connectivity index (χ4v) is 3.05. The van der Waals surface area contributed by atoms with E-state index in [1.807, 2.05) is 60.7 Å². The summed E-state index contributed by atoms with van der Waals surface area (Å²) in [7, 11) is 0. The van der Waals surface area contributed by atoms with Gasteiger partial charge in [-0.05, 0) is 28.8 Å². The Morgan fingerprint density at radius 3 is 1.82 bits per heavy atom. The summed E-state index contributed by atoms with van der Waals surface area (Å²) < 4.78 is 0. The lowest BCUT2D eigenvalue weighted by molar-refractivity contribution is -0.117. The minimum absolute atomic E-state index is 0.0557. The zero-order valence-electron chi connectivity index (χ0n) is 15.7. The van der Waals surface area contributed by atoms with E-state index in [1.54, 1.807) is 0 Å². The van der Waals surface area contributed by atoms with Gasteiger partial charge in [-0.3, -0.25) is 9.69 Å². The van der Waals surface area contributed by atoms with Crippen LogP contribution in [0.5, 0.6) is 0 Å². The summed E-state index contributed by atoms with van der Waals surface area (Å²) in [5.41, 5.74) is 4.03. The largest absolute Gasteiger partial charge is 0.325 e. The van der Waals surface area contributed by atoms with E-state index in [-0.39, 0.29) is 5.91 Å². The number of nitriles is 1. The standard InChI is InChI=1S/C24H23N3O/c25-16-15-20-11-13-23(14-12-20)26-24(28)19-27(17-21-7-3-1-4-8-21)18-22-9-5-2-6-10-22/h1-14H,15,17-19H2,(H,26,28). The van der Waals surface area contributed by atoms with Crippen molar-refractivity contribution in [1.82, 2.24) is 4.90 Å². The Kier molecular flexibility index (Phi) is 6.95. The van der Waals surface area contributed by atoms with Crippen LogP contribution in [0.2, 0.25) is 0 Å². The zero-order chi connectivity index (χ0) is 19.6. The van der Waals surface area contributed by atoms with Gasteiger partial charge >= 0.3 is 0 Å². The molecule has 0 aromatic heterocycles. The van der Waals surface area contributed by atoms with E-state index in [9.17, 15) is 4.79 Å². The molecule has 0 saturated heterocycles. The maximum atomic E-state index is 12.6. The van der Waals surface area contributed by atoms with E-state index >= 15 is 0 Å². The molecule has 0 aliphatic carbocycles. The highest BCUT2D eigenvalue weighted by atomic mass is 16.2. The van der Waals surface area contributed by atoms with Crippen LogP contribution in [0.4, 0.5) is 5.69 Å². The fraction of sp³-hybridized carbons (Fsp3) is 0.167. The molecule has 0 spiro atoms. The number of carbonyl (C=O) groups excluding carboxylic acids is 1. The van der Waals surface area contributed by atoms with E-state index < -0.39 is 0 Å². The zero-order valence-corrected chi connectivity index (χ0v) is 15.7. The molecule has 3 rings (SSSR count). The molecule has 3 aromatic carbocycles. The highest BCUT2D eigenvalue weighted by Gasteiger charge is 2.12. The van der Waals surface area contributed by atoms with Gasteiger partial charge < -0.3 is 5.32 Å². The van der Waals surface area contributed by atoms with Crippen molar-refractivity contribution in [2.24, 2.45) is 0 Å². The summed E-state index contributed by atoms with van der Waals surface area (Å²) in [4.78, 5) is 14.7. The minimum Gasteiger partial charge on any atom is -0.325 e. The van der Waals surface area contributed by atoms with Crippen LogP contribution in [0.3, 0.4) is 0 Å². The summed E-state index contributed by atoms with van der Waals surface area (Å²) in [5.74, 6) is -0.0557. The molecule has 1 N–H and O–H groups in total. The molecule has 0 atom stereocenters. The van der Waals surface area contributed by atoms with Crippen molar-refractivity contribution in [3.63, 3.8) is 0 Å². The second-order valence-electron chi connectivity index (χ2n) is 6.70. The first-order valence-electron chi connectivity index (χ1n) is 9.29. The van der Waals surface area contributed by atoms with Crippen molar-refractivity contribution in [3.05, 3.63) is 102 Å². The number of nitrogens with zero attached hydrogens (tertiary/aromatic N) is 2. The summed E-state index contributed by atoms with van der Waals surface area (Å²) >= 11 is 0. The molecule has 4 nitrogen and oxygen atoms in total. The van der Waals surface area contributed by atoms with Crippen LogP contribution in [-0.2, 0) is 24.3 Å². The van der Waals surface area contributed by atoms with Gasteiger partial charge in [-0.2, -0.15) is 5.26 Å². The highest BCUT2D eigenvalue weighted by Crippen LogP contribution is 2.12. The van der Waals surface area contributed by atoms with Gasteiger partial charge in [0.25, 0.3) is 0 Å². The maximum Gasteiger partial charge on any atom is 0.238 e. The Bertz CT molecular complexity index is 874. The van der Waals surface area contributed by atoms with Crippen molar-refractivity contribution in [2.75, 3.05) is 11.9 Å². The molecule has 0 aliphatic heterocycles. The van der Waals surface area contributed by atoms with Gasteiger partial charge in [-0.15, -0.1) is 0 Å². The van der Waals surface area contributed by atoms with E-state index in [4.69, 9.17) is 5.26 Å². The molecule has 0 saturated carbocycles. The summed E-state index contributed by atoms with van der Waals surface area (Å²) in [6, 6.07) is 29.9. The molecule has 0 radical (unpaired) electrons. The van der Waals surface area contributed by atoms with Crippen LogP contribution in [0, 0.1) is 11.3 Å². The third-order valence-corrected chi connectivity index (χ3v) is 4.39. The number of anilines is 1. The Hall–Kier alpha value is -3.42. The van der Waals surface area contributed by atoms with Crippen molar-refractivity contribution in [3.8, 4) is 6.07 Å². The first-order valence-corrected chi connectivity index (χ1v) is 9.29. The number of hydrogen-bond acceptors (Lipinski definition) is 3. The van der Waals surface area contributed by atoms with Gasteiger partial charge in [0, 0.05) is 18.8 Å². The van der Waals surface area contributed by atoms with E-state index in [1.165, 1.54) is 11.1 Å². The molecule has 28 heavy (non-hydrogen) atoms. The van der Waals surface area contributed by atoms with Crippen LogP contribution in [0.15, 0.2) is 84.9 Å². The number of nitrogens with one attached hydrogen (secondary N) is 1. The van der Waals surface area contributed by atoms with Gasteiger partial charge in [0.2, 0.25) is 5.91 Å². The predicted octanol–water partition coefficient (Wildman–Crippen LogP) is 4.39. The van der Waals surface area contributed by atoms with Crippen molar-refractivity contribution < 1.29 is 4.79 Å². The molecule has 1 amide bonds. The lowest BCUT2D eigenvalue weighted by atomic mass is 10.1. The van der Waals surface area contributed by atoms with Crippen LogP contribution < -0.4 is 5.32 Å². The first kappa shape index (κ1) is 19.3. The fourth-order valence-electron chi connectivity index (χ4n) is 3.05. The molecule has 3 aromatic rings. The minimum atomic E-state index is -0.0557. The summed E-state index contributed by atoms with van der Waals surface area (Å²) in [6.45, 7) is 1.69. The average molecular weight is 369 g/mol. The molecule has 0 heterocycles. The molecule has 0 fully saturated rings. The van der Waals surface area contributed by atoms with Gasteiger partial charge in [-0.25, -0.2) is 0 Å². The Balaban J connectivity index is 1.65. The van der Waals surface area contributed by atoms with E-state index in [2.05, 4.69) is 40.6 Å². The van der Waals surface area contributed by atoms with Crippen molar-refractivity contribution in [1.29, 1.82) is 5.26 Å². The van der Waals surface area contributed by atoms with Crippen LogP contribution in [0.1, 0.15) is 16.7 Å². The second kappa shape index (κ2) is 10.1. The van der Waals surface area contributed by atoms with Gasteiger partial charge in [-0.1, -0.05) is 72.8 Å². The average Bonchev–Trinajstić information content (AvgIpc) is 2.71. The monoisotopic (exact) mass is 369 g/mol. The number of rotatable bonds is 8. The summed E-state index contributed by atoms with van der Waals surface area (Å²) in [6.07, 6.45) is 0.371. The molecular weight excluding hydrogens is 346 g/mol. The topological polar surface area (TPSA) is 56.1 Å². The maximum absolute atomic E-state index is 12.6. The van der Waals surface area contributed by atoms with E-state index in [0.717, 1.165) is 11.3 Å². The van der Waals surface area contributed by atoms with Crippen LogP contribution in [0.25, 0.3) is 0 Å². The lowest BCUT2D eigenvalue weighted by Crippen LogP contribution is -2.32. The summed E-state index contributed by atoms with van der Waals surface area (Å²) in [5, 5.41) is 11.7. The third kappa shape index (κ3) is 6.08. The highest BCUT2D eigenvalue weighted by molar-refractivity contribution is 5.92. The lowest BCUT2D eigenvalue weighted by Gasteiger charge is -2.22. The molecular formula is C24H23N3O. The smallest absolute Gasteiger partial charge is 0.238 e. The van der Waals surface area contributed by atoms with Crippen LogP contribution in [-0.4, -0.2) is 17.4 Å². The number of benzene rings is 3. The number of amides is 1. The first-order chi connectivity index (χ1) is 13.7. The predicted molar refractivity (Wildman–Crippen MR) is 111 cm³/mol. The van der Waals surface area contributed by atoms with Gasteiger partial charge in [0.05, 0.1) is 19.0 Å². The Morgan fingerprint density at radius 1 is 0.786 bits per heavy atom. The second-order valence-corrected chi connectivity index (χ2v) is 6.70.